The monoisotopic (exact) mass is 235 g/mol. The summed E-state index contributed by atoms with van der Waals surface area (Å²) in [5.41, 5.74) is 1.19. The number of ether oxygens (including phenoxy) is 1. The molecular weight excluding hydrogens is 210 g/mol. The Labute approximate surface area is 105 Å². The van der Waals surface area contributed by atoms with E-state index in [4.69, 9.17) is 4.74 Å². The van der Waals surface area contributed by atoms with Crippen molar-refractivity contribution in [2.24, 2.45) is 0 Å². The first kappa shape index (κ1) is 13.9. The van der Waals surface area contributed by atoms with Crippen molar-refractivity contribution in [2.75, 3.05) is 18.5 Å². The van der Waals surface area contributed by atoms with Crippen LogP contribution in [0.3, 0.4) is 0 Å². The molecule has 0 heterocycles. The van der Waals surface area contributed by atoms with Gasteiger partial charge in [0.05, 0.1) is 6.61 Å². The van der Waals surface area contributed by atoms with Gasteiger partial charge in [-0.2, -0.15) is 0 Å². The summed E-state index contributed by atoms with van der Waals surface area (Å²) in [5.74, 6) is 0.961. The molecule has 0 unspecified atom stereocenters. The number of hydrogen-bond donors (Lipinski definition) is 1. The van der Waals surface area contributed by atoms with E-state index in [-0.39, 0.29) is 0 Å². The molecule has 0 fully saturated rings. The van der Waals surface area contributed by atoms with Gasteiger partial charge in [-0.1, -0.05) is 33.1 Å². The van der Waals surface area contributed by atoms with Crippen molar-refractivity contribution >= 4 is 5.69 Å². The number of unbranched alkanes of at least 4 members (excludes halogenated alkanes) is 3. The molecule has 2 heteroatoms. The van der Waals surface area contributed by atoms with Gasteiger partial charge in [0.2, 0.25) is 0 Å². The predicted octanol–water partition coefficient (Wildman–Crippen LogP) is 4.47. The Morgan fingerprint density at radius 1 is 0.941 bits per heavy atom. The highest BCUT2D eigenvalue weighted by atomic mass is 16.5. The van der Waals surface area contributed by atoms with E-state index in [1.165, 1.54) is 31.4 Å². The Kier molecular flexibility index (Phi) is 7.28. The molecule has 0 radical (unpaired) electrons. The standard InChI is InChI=1S/C15H25NO/c1-3-5-6-7-12-16-14-8-10-15(11-9-14)17-13-4-2/h8-11,16H,3-7,12-13H2,1-2H3. The largest absolute Gasteiger partial charge is 0.494 e. The van der Waals surface area contributed by atoms with Crippen molar-refractivity contribution in [1.29, 1.82) is 0 Å². The van der Waals surface area contributed by atoms with Crippen LogP contribution in [-0.2, 0) is 0 Å². The third-order valence-corrected chi connectivity index (χ3v) is 2.69. The fourth-order valence-corrected chi connectivity index (χ4v) is 1.67. The Balaban J connectivity index is 2.20. The minimum absolute atomic E-state index is 0.795. The third-order valence-electron chi connectivity index (χ3n) is 2.69. The highest BCUT2D eigenvalue weighted by Gasteiger charge is 1.94. The Bertz CT molecular complexity index is 281. The van der Waals surface area contributed by atoms with Crippen LogP contribution >= 0.6 is 0 Å². The summed E-state index contributed by atoms with van der Waals surface area (Å²) in [6.45, 7) is 6.22. The summed E-state index contributed by atoms with van der Waals surface area (Å²) in [6, 6.07) is 8.24. The van der Waals surface area contributed by atoms with E-state index in [1.807, 2.05) is 12.1 Å². The van der Waals surface area contributed by atoms with Crippen LogP contribution in [0.5, 0.6) is 5.75 Å². The smallest absolute Gasteiger partial charge is 0.119 e. The number of rotatable bonds is 9. The lowest BCUT2D eigenvalue weighted by Crippen LogP contribution is -2.01. The van der Waals surface area contributed by atoms with Gasteiger partial charge in [0, 0.05) is 12.2 Å². The topological polar surface area (TPSA) is 21.3 Å². The number of benzene rings is 1. The Hall–Kier alpha value is -1.18. The summed E-state index contributed by atoms with van der Waals surface area (Å²) >= 11 is 0. The van der Waals surface area contributed by atoms with Crippen molar-refractivity contribution in [3.8, 4) is 5.75 Å². The minimum Gasteiger partial charge on any atom is -0.494 e. The SMILES string of the molecule is CCCCCCNc1ccc(OCCC)cc1. The molecule has 1 aromatic carbocycles. The Morgan fingerprint density at radius 2 is 1.71 bits per heavy atom. The van der Waals surface area contributed by atoms with E-state index < -0.39 is 0 Å². The van der Waals surface area contributed by atoms with Gasteiger partial charge in [0.25, 0.3) is 0 Å². The molecule has 0 saturated heterocycles. The van der Waals surface area contributed by atoms with E-state index in [0.717, 1.165) is 25.3 Å². The van der Waals surface area contributed by atoms with E-state index in [2.05, 4.69) is 31.3 Å². The van der Waals surface area contributed by atoms with Gasteiger partial charge in [-0.05, 0) is 37.1 Å². The van der Waals surface area contributed by atoms with Crippen LogP contribution in [0.2, 0.25) is 0 Å². The molecule has 0 bridgehead atoms. The lowest BCUT2D eigenvalue weighted by Gasteiger charge is -2.08. The normalized spacial score (nSPS) is 10.2. The molecule has 1 N–H and O–H groups in total. The van der Waals surface area contributed by atoms with Crippen molar-refractivity contribution in [3.63, 3.8) is 0 Å². The van der Waals surface area contributed by atoms with Gasteiger partial charge >= 0.3 is 0 Å². The van der Waals surface area contributed by atoms with E-state index in [1.54, 1.807) is 0 Å². The highest BCUT2D eigenvalue weighted by Crippen LogP contribution is 2.15. The van der Waals surface area contributed by atoms with Crippen LogP contribution in [0.15, 0.2) is 24.3 Å². The van der Waals surface area contributed by atoms with Crippen LogP contribution in [0.4, 0.5) is 5.69 Å². The number of nitrogens with one attached hydrogen (secondary N) is 1. The fourth-order valence-electron chi connectivity index (χ4n) is 1.67. The quantitative estimate of drug-likeness (QED) is 0.638. The molecule has 96 valence electrons. The molecule has 0 atom stereocenters. The molecule has 2 nitrogen and oxygen atoms in total. The minimum atomic E-state index is 0.795. The fraction of sp³-hybridized carbons (Fsp3) is 0.600. The summed E-state index contributed by atoms with van der Waals surface area (Å²) in [6.07, 6.45) is 6.26. The highest BCUT2D eigenvalue weighted by molar-refractivity contribution is 5.46. The van der Waals surface area contributed by atoms with Crippen LogP contribution in [0.1, 0.15) is 46.0 Å². The zero-order valence-electron chi connectivity index (χ0n) is 11.2. The maximum atomic E-state index is 5.54. The average molecular weight is 235 g/mol. The second-order valence-corrected chi connectivity index (χ2v) is 4.36. The summed E-state index contributed by atoms with van der Waals surface area (Å²) in [7, 11) is 0. The molecule has 0 spiro atoms. The third kappa shape index (κ3) is 6.20. The molecule has 0 amide bonds. The van der Waals surface area contributed by atoms with Crippen molar-refractivity contribution < 1.29 is 4.74 Å². The van der Waals surface area contributed by atoms with Gasteiger partial charge in [-0.15, -0.1) is 0 Å². The van der Waals surface area contributed by atoms with Gasteiger partial charge in [0.15, 0.2) is 0 Å². The van der Waals surface area contributed by atoms with Crippen LogP contribution in [-0.4, -0.2) is 13.2 Å². The molecule has 1 rings (SSSR count). The maximum absolute atomic E-state index is 5.54. The molecule has 1 aromatic rings. The van der Waals surface area contributed by atoms with Crippen molar-refractivity contribution in [3.05, 3.63) is 24.3 Å². The lowest BCUT2D eigenvalue weighted by molar-refractivity contribution is 0.317. The van der Waals surface area contributed by atoms with Crippen molar-refractivity contribution in [1.82, 2.24) is 0 Å². The van der Waals surface area contributed by atoms with Gasteiger partial charge < -0.3 is 10.1 Å². The molecule has 17 heavy (non-hydrogen) atoms. The lowest BCUT2D eigenvalue weighted by atomic mass is 10.2. The van der Waals surface area contributed by atoms with Gasteiger partial charge in [0.1, 0.15) is 5.75 Å². The number of anilines is 1. The second kappa shape index (κ2) is 8.91. The molecule has 0 aliphatic carbocycles. The molecular formula is C15H25NO. The predicted molar refractivity (Wildman–Crippen MR) is 74.9 cm³/mol. The molecule has 0 saturated carbocycles. The van der Waals surface area contributed by atoms with Gasteiger partial charge in [-0.3, -0.25) is 0 Å². The van der Waals surface area contributed by atoms with Crippen LogP contribution in [0.25, 0.3) is 0 Å². The molecule has 0 aliphatic rings. The molecule has 0 aromatic heterocycles. The first-order valence-corrected chi connectivity index (χ1v) is 6.83. The van der Waals surface area contributed by atoms with E-state index in [0.29, 0.717) is 0 Å². The summed E-state index contributed by atoms with van der Waals surface area (Å²) in [4.78, 5) is 0. The second-order valence-electron chi connectivity index (χ2n) is 4.36. The zero-order chi connectivity index (χ0) is 12.3. The average Bonchev–Trinajstić information content (AvgIpc) is 2.37. The van der Waals surface area contributed by atoms with E-state index >= 15 is 0 Å². The first-order valence-electron chi connectivity index (χ1n) is 6.83. The van der Waals surface area contributed by atoms with Gasteiger partial charge in [-0.25, -0.2) is 0 Å². The van der Waals surface area contributed by atoms with E-state index in [9.17, 15) is 0 Å². The Morgan fingerprint density at radius 3 is 2.35 bits per heavy atom. The maximum Gasteiger partial charge on any atom is 0.119 e. The van der Waals surface area contributed by atoms with Crippen LogP contribution in [0, 0.1) is 0 Å². The first-order chi connectivity index (χ1) is 8.36. The van der Waals surface area contributed by atoms with Crippen molar-refractivity contribution in [2.45, 2.75) is 46.0 Å². The zero-order valence-corrected chi connectivity index (χ0v) is 11.2. The summed E-state index contributed by atoms with van der Waals surface area (Å²) < 4.78 is 5.54. The number of hydrogen-bond acceptors (Lipinski definition) is 2. The summed E-state index contributed by atoms with van der Waals surface area (Å²) in [5, 5.41) is 3.43. The van der Waals surface area contributed by atoms with Crippen LogP contribution < -0.4 is 10.1 Å². The molecule has 0 aliphatic heterocycles.